The molecule has 0 fully saturated rings. The van der Waals surface area contributed by atoms with Gasteiger partial charge in [-0.3, -0.25) is 9.36 Å². The fourth-order valence-corrected chi connectivity index (χ4v) is 3.37. The van der Waals surface area contributed by atoms with Crippen LogP contribution in [0.2, 0.25) is 15.1 Å². The third-order valence-corrected chi connectivity index (χ3v) is 4.64. The molecule has 0 aliphatic carbocycles. The molecule has 1 amide bonds. The highest BCUT2D eigenvalue weighted by Gasteiger charge is 2.15. The average Bonchev–Trinajstić information content (AvgIpc) is 3.26. The third kappa shape index (κ3) is 7.50. The Kier molecular flexibility index (Phi) is 9.71. The number of aromatic hydroxyl groups is 1. The lowest BCUT2D eigenvalue weighted by atomic mass is 10.3. The Labute approximate surface area is 193 Å². The summed E-state index contributed by atoms with van der Waals surface area (Å²) in [6.45, 7) is 3.28. The van der Waals surface area contributed by atoms with Gasteiger partial charge in [0.2, 0.25) is 5.43 Å². The maximum absolute atomic E-state index is 12.3. The van der Waals surface area contributed by atoms with Gasteiger partial charge in [0.1, 0.15) is 12.9 Å². The van der Waals surface area contributed by atoms with E-state index in [-0.39, 0.29) is 23.8 Å². The number of rotatable bonds is 6. The summed E-state index contributed by atoms with van der Waals surface area (Å²) in [4.78, 5) is 30.8. The molecule has 2 N–H and O–H groups in total. The van der Waals surface area contributed by atoms with E-state index >= 15 is 0 Å². The summed E-state index contributed by atoms with van der Waals surface area (Å²) in [7, 11) is 0. The minimum atomic E-state index is -0.358. The number of hydrogen-bond donors (Lipinski definition) is 2. The van der Waals surface area contributed by atoms with Gasteiger partial charge in [-0.05, 0) is 18.6 Å². The van der Waals surface area contributed by atoms with E-state index in [1.54, 1.807) is 29.4 Å². The van der Waals surface area contributed by atoms with E-state index in [9.17, 15) is 9.59 Å². The van der Waals surface area contributed by atoms with E-state index in [1.807, 2.05) is 6.92 Å². The smallest absolute Gasteiger partial charge is 0.329 e. The van der Waals surface area contributed by atoms with Crippen molar-refractivity contribution in [1.82, 2.24) is 19.4 Å². The highest BCUT2D eigenvalue weighted by Crippen LogP contribution is 2.35. The molecule has 2 aromatic heterocycles. The zero-order valence-corrected chi connectivity index (χ0v) is 18.9. The number of carbonyl (C=O) groups excluding carboxylic acids is 1. The van der Waals surface area contributed by atoms with Gasteiger partial charge in [-0.25, -0.2) is 9.78 Å². The molecule has 11 heteroatoms. The second-order valence-corrected chi connectivity index (χ2v) is 7.43. The number of benzene rings is 1. The van der Waals surface area contributed by atoms with Gasteiger partial charge < -0.3 is 19.7 Å². The molecule has 0 aliphatic rings. The first-order valence-electron chi connectivity index (χ1n) is 9.24. The van der Waals surface area contributed by atoms with E-state index in [0.717, 1.165) is 6.42 Å². The monoisotopic (exact) mass is 486 g/mol. The zero-order valence-electron chi connectivity index (χ0n) is 16.6. The highest BCUT2D eigenvalue weighted by atomic mass is 35.5. The molecule has 3 aromatic rings. The molecule has 0 unspecified atom stereocenters. The quantitative estimate of drug-likeness (QED) is 0.526. The molecule has 0 atom stereocenters. The Morgan fingerprint density at radius 1 is 1.26 bits per heavy atom. The number of carbonyl (C=O) groups is 1. The molecule has 2 heterocycles. The van der Waals surface area contributed by atoms with Crippen molar-refractivity contribution in [3.63, 3.8) is 0 Å². The minimum Gasteiger partial charge on any atom is -0.503 e. The van der Waals surface area contributed by atoms with Crippen molar-refractivity contribution in [1.29, 1.82) is 0 Å². The molecule has 0 bridgehead atoms. The van der Waals surface area contributed by atoms with Gasteiger partial charge in [0.25, 0.3) is 0 Å². The summed E-state index contributed by atoms with van der Waals surface area (Å²) in [5.41, 5.74) is -0.358. The number of nitrogens with one attached hydrogen (secondary N) is 1. The van der Waals surface area contributed by atoms with Crippen LogP contribution in [-0.4, -0.2) is 50.3 Å². The molecule has 0 radical (unpaired) electrons. The van der Waals surface area contributed by atoms with Gasteiger partial charge in [-0.1, -0.05) is 41.7 Å². The van der Waals surface area contributed by atoms with E-state index in [0.29, 0.717) is 33.9 Å². The summed E-state index contributed by atoms with van der Waals surface area (Å²) in [5.74, 6) is 0.122. The van der Waals surface area contributed by atoms with Gasteiger partial charge in [0.05, 0.1) is 16.6 Å². The SMILES string of the molecule is CCCN(CCOc1c(Cl)cc(Cl)cc1Cl)C(=O)n1ccnc1.O=c1cc[nH]cc1O. The van der Waals surface area contributed by atoms with Crippen molar-refractivity contribution in [3.05, 3.63) is 74.6 Å². The molecule has 0 spiro atoms. The first-order chi connectivity index (χ1) is 14.8. The molecule has 166 valence electrons. The number of H-pyrrole nitrogens is 1. The number of hydrogen-bond acceptors (Lipinski definition) is 5. The largest absolute Gasteiger partial charge is 0.503 e. The van der Waals surface area contributed by atoms with E-state index < -0.39 is 0 Å². The van der Waals surface area contributed by atoms with Gasteiger partial charge in [0, 0.05) is 42.4 Å². The van der Waals surface area contributed by atoms with Crippen LogP contribution in [0.5, 0.6) is 11.5 Å². The zero-order chi connectivity index (χ0) is 22.8. The average molecular weight is 488 g/mol. The number of aromatic amines is 1. The van der Waals surface area contributed by atoms with Crippen LogP contribution in [0, 0.1) is 0 Å². The van der Waals surface area contributed by atoms with Crippen molar-refractivity contribution in [3.8, 4) is 11.5 Å². The molecule has 3 rings (SSSR count). The fourth-order valence-electron chi connectivity index (χ4n) is 2.44. The summed E-state index contributed by atoms with van der Waals surface area (Å²) in [5, 5.41) is 9.69. The Balaban J connectivity index is 0.000000357. The van der Waals surface area contributed by atoms with E-state index in [1.165, 1.54) is 29.4 Å². The summed E-state index contributed by atoms with van der Waals surface area (Å²) >= 11 is 18.0. The molecule has 0 aliphatic heterocycles. The number of ether oxygens (including phenoxy) is 1. The van der Waals surface area contributed by atoms with Gasteiger partial charge >= 0.3 is 6.03 Å². The topological polar surface area (TPSA) is 100 Å². The van der Waals surface area contributed by atoms with Gasteiger partial charge in [-0.2, -0.15) is 0 Å². The van der Waals surface area contributed by atoms with Crippen LogP contribution in [0.15, 0.2) is 54.1 Å². The molecule has 31 heavy (non-hydrogen) atoms. The van der Waals surface area contributed by atoms with Crippen molar-refractivity contribution in [2.24, 2.45) is 0 Å². The van der Waals surface area contributed by atoms with Crippen molar-refractivity contribution in [2.75, 3.05) is 19.7 Å². The van der Waals surface area contributed by atoms with Crippen LogP contribution in [0.4, 0.5) is 4.79 Å². The second kappa shape index (κ2) is 12.2. The fraction of sp³-hybridized carbons (Fsp3) is 0.250. The van der Waals surface area contributed by atoms with Crippen LogP contribution in [-0.2, 0) is 0 Å². The molecular weight excluding hydrogens is 467 g/mol. The van der Waals surface area contributed by atoms with Crippen LogP contribution in [0.3, 0.4) is 0 Å². The lowest BCUT2D eigenvalue weighted by Gasteiger charge is -2.22. The Morgan fingerprint density at radius 3 is 2.48 bits per heavy atom. The predicted molar refractivity (Wildman–Crippen MR) is 121 cm³/mol. The maximum Gasteiger partial charge on any atom is 0.329 e. The summed E-state index contributed by atoms with van der Waals surface area (Å²) < 4.78 is 7.05. The van der Waals surface area contributed by atoms with Crippen LogP contribution in [0.1, 0.15) is 13.3 Å². The molecule has 0 saturated heterocycles. The van der Waals surface area contributed by atoms with E-state index in [4.69, 9.17) is 44.6 Å². The maximum atomic E-state index is 12.3. The van der Waals surface area contributed by atoms with Crippen LogP contribution < -0.4 is 10.2 Å². The van der Waals surface area contributed by atoms with Crippen molar-refractivity contribution < 1.29 is 14.6 Å². The number of imidazole rings is 1. The minimum absolute atomic E-state index is 0.152. The van der Waals surface area contributed by atoms with Crippen molar-refractivity contribution in [2.45, 2.75) is 13.3 Å². The normalized spacial score (nSPS) is 10.2. The Hall–Kier alpha value is -2.68. The standard InChI is InChI=1S/C15H16Cl3N3O2.C5H5NO2/c1-2-4-20(15(22)21-5-3-19-10-21)6-7-23-14-12(17)8-11(16)9-13(14)18;7-4-1-2-6-3-5(4)8/h3,5,8-10H,2,4,6-7H2,1H3;1-3,8H,(H,6,7). The molecule has 1 aromatic carbocycles. The first-order valence-corrected chi connectivity index (χ1v) is 10.4. The van der Waals surface area contributed by atoms with E-state index in [2.05, 4.69) is 9.97 Å². The Bertz CT molecular complexity index is 1020. The second-order valence-electron chi connectivity index (χ2n) is 6.18. The Morgan fingerprint density at radius 2 is 1.97 bits per heavy atom. The first kappa shape index (κ1) is 24.6. The van der Waals surface area contributed by atoms with Gasteiger partial charge in [-0.15, -0.1) is 0 Å². The summed E-state index contributed by atoms with van der Waals surface area (Å²) in [6.07, 6.45) is 8.18. The lowest BCUT2D eigenvalue weighted by molar-refractivity contribution is 0.184. The third-order valence-electron chi connectivity index (χ3n) is 3.86. The number of halogens is 3. The number of aromatic nitrogens is 3. The number of pyridine rings is 1. The predicted octanol–water partition coefficient (Wildman–Crippen LogP) is 4.68. The van der Waals surface area contributed by atoms with Gasteiger partial charge in [0.15, 0.2) is 11.5 Å². The lowest BCUT2D eigenvalue weighted by Crippen LogP contribution is -2.37. The number of amides is 1. The van der Waals surface area contributed by atoms with Crippen LogP contribution in [0.25, 0.3) is 0 Å². The summed E-state index contributed by atoms with van der Waals surface area (Å²) in [6, 6.07) is 4.23. The highest BCUT2D eigenvalue weighted by molar-refractivity contribution is 6.40. The molecule has 0 saturated carbocycles. The van der Waals surface area contributed by atoms with Crippen molar-refractivity contribution >= 4 is 40.8 Å². The molecule has 8 nitrogen and oxygen atoms in total. The molecular formula is C20H21Cl3N4O4. The number of nitrogens with zero attached hydrogens (tertiary/aromatic N) is 3. The van der Waals surface area contributed by atoms with Crippen LogP contribution >= 0.6 is 34.8 Å².